The zero-order chi connectivity index (χ0) is 14.0. The number of ether oxygens (including phenoxy) is 1. The molecule has 0 unspecified atom stereocenters. The van der Waals surface area contributed by atoms with Crippen molar-refractivity contribution in [2.24, 2.45) is 11.1 Å². The van der Waals surface area contributed by atoms with Crippen LogP contribution < -0.4 is 5.73 Å². The van der Waals surface area contributed by atoms with E-state index in [1.807, 2.05) is 36.4 Å². The van der Waals surface area contributed by atoms with Gasteiger partial charge in [0.25, 0.3) is 0 Å². The molecule has 1 aromatic carbocycles. The summed E-state index contributed by atoms with van der Waals surface area (Å²) in [5.41, 5.74) is 6.92. The number of benzene rings is 1. The molecule has 0 aliphatic heterocycles. The molecule has 0 saturated heterocycles. The predicted molar refractivity (Wildman–Crippen MR) is 81.7 cm³/mol. The van der Waals surface area contributed by atoms with Gasteiger partial charge < -0.3 is 10.5 Å². The molecular weight excluding hydrogens is 276 g/mol. The predicted octanol–water partition coefficient (Wildman–Crippen LogP) is 2.86. The van der Waals surface area contributed by atoms with E-state index in [1.165, 1.54) is 7.11 Å². The number of halogens is 1. The Bertz CT molecular complexity index is 614. The molecule has 1 aromatic heterocycles. The summed E-state index contributed by atoms with van der Waals surface area (Å²) < 4.78 is 4.80. The topological polar surface area (TPSA) is 65.2 Å². The van der Waals surface area contributed by atoms with Gasteiger partial charge >= 0.3 is 5.97 Å². The van der Waals surface area contributed by atoms with E-state index >= 15 is 0 Å². The lowest BCUT2D eigenvalue weighted by Gasteiger charge is -2.28. The van der Waals surface area contributed by atoms with Crippen LogP contribution in [0.5, 0.6) is 0 Å². The molecule has 0 saturated carbocycles. The summed E-state index contributed by atoms with van der Waals surface area (Å²) in [7, 11) is 1.37. The van der Waals surface area contributed by atoms with Crippen LogP contribution in [0.1, 0.15) is 25.6 Å². The van der Waals surface area contributed by atoms with Gasteiger partial charge in [-0.3, -0.25) is 9.78 Å². The Balaban J connectivity index is 0.00000200. The Morgan fingerprint density at radius 3 is 2.55 bits per heavy atom. The first-order chi connectivity index (χ1) is 8.96. The Labute approximate surface area is 124 Å². The van der Waals surface area contributed by atoms with E-state index in [-0.39, 0.29) is 18.4 Å². The molecule has 0 fully saturated rings. The van der Waals surface area contributed by atoms with Crippen LogP contribution in [0.25, 0.3) is 10.9 Å². The quantitative estimate of drug-likeness (QED) is 0.884. The van der Waals surface area contributed by atoms with Crippen molar-refractivity contribution in [3.05, 3.63) is 42.1 Å². The summed E-state index contributed by atoms with van der Waals surface area (Å²) in [4.78, 5) is 16.3. The van der Waals surface area contributed by atoms with Crippen molar-refractivity contribution in [3.63, 3.8) is 0 Å². The number of nitrogens with zero attached hydrogens (tertiary/aromatic N) is 1. The van der Waals surface area contributed by atoms with E-state index in [0.29, 0.717) is 5.69 Å². The SMILES string of the molecule is COC(=O)C(C)(C)[C@@H](N)c1ccc2ccccc2n1.Cl. The van der Waals surface area contributed by atoms with Gasteiger partial charge in [0.15, 0.2) is 0 Å². The van der Waals surface area contributed by atoms with E-state index in [1.54, 1.807) is 13.8 Å². The summed E-state index contributed by atoms with van der Waals surface area (Å²) >= 11 is 0. The highest BCUT2D eigenvalue weighted by Crippen LogP contribution is 2.32. The Hall–Kier alpha value is -1.65. The van der Waals surface area contributed by atoms with Gasteiger partial charge in [0.2, 0.25) is 0 Å². The maximum absolute atomic E-state index is 11.8. The first kappa shape index (κ1) is 16.4. The minimum absolute atomic E-state index is 0. The fourth-order valence-electron chi connectivity index (χ4n) is 2.01. The Kier molecular flexibility index (Phi) is 5.09. The van der Waals surface area contributed by atoms with Crippen LogP contribution >= 0.6 is 12.4 Å². The molecule has 0 spiro atoms. The zero-order valence-electron chi connectivity index (χ0n) is 11.8. The Morgan fingerprint density at radius 1 is 1.25 bits per heavy atom. The minimum Gasteiger partial charge on any atom is -0.469 e. The lowest BCUT2D eigenvalue weighted by molar-refractivity contribution is -0.152. The number of hydrogen-bond donors (Lipinski definition) is 1. The lowest BCUT2D eigenvalue weighted by atomic mass is 9.83. The largest absolute Gasteiger partial charge is 0.469 e. The van der Waals surface area contributed by atoms with Crippen LogP contribution in [0.15, 0.2) is 36.4 Å². The van der Waals surface area contributed by atoms with Crippen LogP contribution in [-0.4, -0.2) is 18.1 Å². The number of pyridine rings is 1. The number of fused-ring (bicyclic) bond motifs is 1. The second-order valence-electron chi connectivity index (χ2n) is 5.12. The van der Waals surface area contributed by atoms with Gasteiger partial charge in [-0.1, -0.05) is 24.3 Å². The maximum atomic E-state index is 11.8. The second-order valence-corrected chi connectivity index (χ2v) is 5.12. The number of esters is 1. The third-order valence-corrected chi connectivity index (χ3v) is 3.43. The molecule has 4 nitrogen and oxygen atoms in total. The molecule has 20 heavy (non-hydrogen) atoms. The number of carbonyl (C=O) groups is 1. The molecule has 5 heteroatoms. The molecule has 0 radical (unpaired) electrons. The maximum Gasteiger partial charge on any atom is 0.313 e. The van der Waals surface area contributed by atoms with Gasteiger partial charge in [-0.15, -0.1) is 12.4 Å². The number of carbonyl (C=O) groups excluding carboxylic acids is 1. The molecule has 1 atom stereocenters. The van der Waals surface area contributed by atoms with Gasteiger partial charge in [-0.25, -0.2) is 0 Å². The van der Waals surface area contributed by atoms with Crippen LogP contribution in [-0.2, 0) is 9.53 Å². The smallest absolute Gasteiger partial charge is 0.313 e. The summed E-state index contributed by atoms with van der Waals surface area (Å²) in [5.74, 6) is -0.338. The van der Waals surface area contributed by atoms with Gasteiger partial charge in [0.05, 0.1) is 29.8 Å². The van der Waals surface area contributed by atoms with E-state index < -0.39 is 11.5 Å². The zero-order valence-corrected chi connectivity index (χ0v) is 12.6. The highest BCUT2D eigenvalue weighted by atomic mass is 35.5. The lowest BCUT2D eigenvalue weighted by Crippen LogP contribution is -2.37. The number of methoxy groups -OCH3 is 1. The molecule has 0 amide bonds. The minimum atomic E-state index is -0.815. The average Bonchev–Trinajstić information content (AvgIpc) is 2.44. The standard InChI is InChI=1S/C15H18N2O2.ClH/c1-15(2,14(18)19-3)13(16)12-9-8-10-6-4-5-7-11(10)17-12;/h4-9,13H,16H2,1-3H3;1H/t13-;/m0./s1. The summed E-state index contributed by atoms with van der Waals surface area (Å²) in [6.07, 6.45) is 0. The average molecular weight is 295 g/mol. The van der Waals surface area contributed by atoms with Crippen molar-refractivity contribution < 1.29 is 9.53 Å². The normalized spacial score (nSPS) is 12.6. The number of hydrogen-bond acceptors (Lipinski definition) is 4. The monoisotopic (exact) mass is 294 g/mol. The number of para-hydroxylation sites is 1. The van der Waals surface area contributed by atoms with E-state index in [0.717, 1.165) is 10.9 Å². The van der Waals surface area contributed by atoms with E-state index in [2.05, 4.69) is 4.98 Å². The third-order valence-electron chi connectivity index (χ3n) is 3.43. The first-order valence-corrected chi connectivity index (χ1v) is 6.16. The summed E-state index contributed by atoms with van der Waals surface area (Å²) in [6, 6.07) is 11.1. The fraction of sp³-hybridized carbons (Fsp3) is 0.333. The molecule has 0 aliphatic carbocycles. The number of aromatic nitrogens is 1. The second kappa shape index (κ2) is 6.20. The van der Waals surface area contributed by atoms with Crippen molar-refractivity contribution in [1.82, 2.24) is 4.98 Å². The molecule has 1 heterocycles. The van der Waals surface area contributed by atoms with Gasteiger partial charge in [-0.2, -0.15) is 0 Å². The van der Waals surface area contributed by atoms with Crippen molar-refractivity contribution in [2.75, 3.05) is 7.11 Å². The highest BCUT2D eigenvalue weighted by molar-refractivity contribution is 5.85. The summed E-state index contributed by atoms with van der Waals surface area (Å²) in [6.45, 7) is 3.53. The number of nitrogens with two attached hydrogens (primary N) is 1. The van der Waals surface area contributed by atoms with Gasteiger partial charge in [-0.05, 0) is 26.0 Å². The van der Waals surface area contributed by atoms with Crippen molar-refractivity contribution >= 4 is 29.3 Å². The summed E-state index contributed by atoms with van der Waals surface area (Å²) in [5, 5.41) is 1.05. The van der Waals surface area contributed by atoms with Crippen molar-refractivity contribution in [1.29, 1.82) is 0 Å². The third kappa shape index (κ3) is 2.92. The fourth-order valence-corrected chi connectivity index (χ4v) is 2.01. The van der Waals surface area contributed by atoms with E-state index in [9.17, 15) is 4.79 Å². The molecule has 108 valence electrons. The molecule has 0 aliphatic rings. The van der Waals surface area contributed by atoms with Crippen LogP contribution in [0.4, 0.5) is 0 Å². The van der Waals surface area contributed by atoms with Gasteiger partial charge in [0.1, 0.15) is 0 Å². The van der Waals surface area contributed by atoms with Crippen molar-refractivity contribution in [2.45, 2.75) is 19.9 Å². The van der Waals surface area contributed by atoms with Crippen LogP contribution in [0.3, 0.4) is 0 Å². The van der Waals surface area contributed by atoms with Gasteiger partial charge in [0, 0.05) is 5.39 Å². The highest BCUT2D eigenvalue weighted by Gasteiger charge is 2.37. The Morgan fingerprint density at radius 2 is 1.90 bits per heavy atom. The molecule has 2 rings (SSSR count). The molecular formula is C15H19ClN2O2. The van der Waals surface area contributed by atoms with Crippen LogP contribution in [0, 0.1) is 5.41 Å². The molecule has 2 aromatic rings. The molecule has 0 bridgehead atoms. The first-order valence-electron chi connectivity index (χ1n) is 6.16. The molecule has 2 N–H and O–H groups in total. The number of rotatable bonds is 3. The van der Waals surface area contributed by atoms with Crippen molar-refractivity contribution in [3.8, 4) is 0 Å². The van der Waals surface area contributed by atoms with Crippen LogP contribution in [0.2, 0.25) is 0 Å². The van der Waals surface area contributed by atoms with E-state index in [4.69, 9.17) is 10.5 Å².